The quantitative estimate of drug-likeness (QED) is 0.362. The van der Waals surface area contributed by atoms with Gasteiger partial charge in [-0.1, -0.05) is 35.4 Å². The smallest absolute Gasteiger partial charge is 0.289 e. The second-order valence-corrected chi connectivity index (χ2v) is 7.14. The first-order valence-corrected chi connectivity index (χ1v) is 10.00. The number of tetrazole rings is 2. The summed E-state index contributed by atoms with van der Waals surface area (Å²) in [6.45, 7) is -0.284. The Bertz CT molecular complexity index is 1310. The number of anilines is 2. The first-order chi connectivity index (χ1) is 16.7. The number of aryl methyl sites for hydroxylation is 2. The standard InChI is InChI=1S/C19H18F3N11O2/c1-31-18(26-28-30-31)24-17(34)13-8-9-14(19(20,21)22)23-16(13)33(10-15-25-29-32(2)27-15)35-11-12-6-4-3-5-7-12/h3-9H,10-11H2,1-2H3,(H,24,26,30,34). The molecule has 182 valence electrons. The molecule has 4 rings (SSSR count). The molecule has 35 heavy (non-hydrogen) atoms. The van der Waals surface area contributed by atoms with Crippen molar-refractivity contribution in [2.45, 2.75) is 19.3 Å². The fourth-order valence-corrected chi connectivity index (χ4v) is 2.90. The van der Waals surface area contributed by atoms with Crippen molar-refractivity contribution in [3.05, 3.63) is 65.1 Å². The molecule has 0 bridgehead atoms. The molecule has 0 saturated carbocycles. The minimum Gasteiger partial charge on any atom is -0.289 e. The van der Waals surface area contributed by atoms with Gasteiger partial charge in [-0.2, -0.15) is 18.0 Å². The number of pyridine rings is 1. The summed E-state index contributed by atoms with van der Waals surface area (Å²) in [5, 5.41) is 25.7. The van der Waals surface area contributed by atoms with Gasteiger partial charge < -0.3 is 0 Å². The Hall–Kier alpha value is -4.47. The lowest BCUT2D eigenvalue weighted by molar-refractivity contribution is -0.141. The summed E-state index contributed by atoms with van der Waals surface area (Å²) in [6, 6.07) is 10.6. The van der Waals surface area contributed by atoms with Crippen molar-refractivity contribution in [1.82, 2.24) is 45.4 Å². The third-order valence-electron chi connectivity index (χ3n) is 4.56. The van der Waals surface area contributed by atoms with Gasteiger partial charge in [0.05, 0.1) is 19.2 Å². The third kappa shape index (κ3) is 5.72. The summed E-state index contributed by atoms with van der Waals surface area (Å²) in [5.41, 5.74) is -0.713. The van der Waals surface area contributed by atoms with Crippen molar-refractivity contribution < 1.29 is 22.8 Å². The van der Waals surface area contributed by atoms with E-state index in [9.17, 15) is 18.0 Å². The summed E-state index contributed by atoms with van der Waals surface area (Å²) in [5.74, 6) is -1.10. The van der Waals surface area contributed by atoms with Crippen molar-refractivity contribution in [2.24, 2.45) is 14.1 Å². The highest BCUT2D eigenvalue weighted by Gasteiger charge is 2.35. The van der Waals surface area contributed by atoms with Gasteiger partial charge in [0, 0.05) is 7.05 Å². The van der Waals surface area contributed by atoms with Gasteiger partial charge in [-0.05, 0) is 33.3 Å². The number of carbonyl (C=O) groups is 1. The molecule has 0 atom stereocenters. The Balaban J connectivity index is 1.74. The van der Waals surface area contributed by atoms with Crippen LogP contribution in [0.5, 0.6) is 0 Å². The van der Waals surface area contributed by atoms with Gasteiger partial charge in [-0.25, -0.2) is 14.7 Å². The Morgan fingerprint density at radius 2 is 1.86 bits per heavy atom. The molecule has 3 heterocycles. The first-order valence-electron chi connectivity index (χ1n) is 10.00. The number of aromatic nitrogens is 9. The molecule has 0 radical (unpaired) electrons. The lowest BCUT2D eigenvalue weighted by Gasteiger charge is -2.24. The summed E-state index contributed by atoms with van der Waals surface area (Å²) in [7, 11) is 3.01. The zero-order valence-corrected chi connectivity index (χ0v) is 18.4. The van der Waals surface area contributed by atoms with E-state index in [1.54, 1.807) is 24.3 Å². The van der Waals surface area contributed by atoms with Gasteiger partial charge in [0.1, 0.15) is 12.2 Å². The number of hydrogen-bond donors (Lipinski definition) is 1. The van der Waals surface area contributed by atoms with E-state index in [2.05, 4.69) is 41.2 Å². The molecular formula is C19H18F3N11O2. The maximum atomic E-state index is 13.5. The maximum absolute atomic E-state index is 13.5. The van der Waals surface area contributed by atoms with Crippen LogP contribution in [0.15, 0.2) is 42.5 Å². The van der Waals surface area contributed by atoms with Crippen LogP contribution in [0.2, 0.25) is 0 Å². The van der Waals surface area contributed by atoms with Crippen LogP contribution in [0, 0.1) is 0 Å². The number of nitrogens with zero attached hydrogens (tertiary/aromatic N) is 10. The fraction of sp³-hybridized carbons (Fsp3) is 0.263. The molecule has 1 aromatic carbocycles. The van der Waals surface area contributed by atoms with Gasteiger partial charge in [0.15, 0.2) is 11.6 Å². The van der Waals surface area contributed by atoms with Gasteiger partial charge in [0.25, 0.3) is 5.91 Å². The van der Waals surface area contributed by atoms with Crippen molar-refractivity contribution in [1.29, 1.82) is 0 Å². The monoisotopic (exact) mass is 489 g/mol. The highest BCUT2D eigenvalue weighted by Crippen LogP contribution is 2.31. The maximum Gasteiger partial charge on any atom is 0.433 e. The molecule has 0 aliphatic carbocycles. The van der Waals surface area contributed by atoms with Crippen LogP contribution in [0.4, 0.5) is 24.9 Å². The second-order valence-electron chi connectivity index (χ2n) is 7.14. The van der Waals surface area contributed by atoms with Crippen LogP contribution in [0.25, 0.3) is 0 Å². The van der Waals surface area contributed by atoms with E-state index in [0.717, 1.165) is 16.7 Å². The minimum atomic E-state index is -4.77. The Labute approximate surface area is 195 Å². The number of carbonyl (C=O) groups excluding carboxylic acids is 1. The highest BCUT2D eigenvalue weighted by atomic mass is 19.4. The minimum absolute atomic E-state index is 0.0202. The number of nitrogens with one attached hydrogen (secondary N) is 1. The molecule has 0 aliphatic rings. The Kier molecular flexibility index (Phi) is 6.63. The largest absolute Gasteiger partial charge is 0.433 e. The highest BCUT2D eigenvalue weighted by molar-refractivity contribution is 6.06. The van der Waals surface area contributed by atoms with Gasteiger partial charge >= 0.3 is 6.18 Å². The van der Waals surface area contributed by atoms with Crippen molar-refractivity contribution >= 4 is 17.7 Å². The molecule has 3 aromatic heterocycles. The molecule has 0 saturated heterocycles. The van der Waals surface area contributed by atoms with E-state index < -0.39 is 23.6 Å². The average molecular weight is 489 g/mol. The summed E-state index contributed by atoms with van der Waals surface area (Å²) in [4.78, 5) is 23.7. The van der Waals surface area contributed by atoms with E-state index in [-0.39, 0.29) is 30.5 Å². The lowest BCUT2D eigenvalue weighted by atomic mass is 10.2. The normalized spacial score (nSPS) is 11.5. The molecule has 0 fully saturated rings. The van der Waals surface area contributed by atoms with Crippen LogP contribution >= 0.6 is 0 Å². The number of hydroxylamine groups is 1. The third-order valence-corrected chi connectivity index (χ3v) is 4.56. The van der Waals surface area contributed by atoms with Crippen LogP contribution in [0.3, 0.4) is 0 Å². The van der Waals surface area contributed by atoms with E-state index in [0.29, 0.717) is 6.07 Å². The van der Waals surface area contributed by atoms with Crippen molar-refractivity contribution in [3.63, 3.8) is 0 Å². The Morgan fingerprint density at radius 1 is 1.09 bits per heavy atom. The van der Waals surface area contributed by atoms with E-state index in [1.807, 2.05) is 6.07 Å². The Morgan fingerprint density at radius 3 is 2.49 bits per heavy atom. The SMILES string of the molecule is Cn1nnc(CN(OCc2ccccc2)c2nc(C(F)(F)F)ccc2C(=O)Nc2nnnn2C)n1. The van der Waals surface area contributed by atoms with E-state index in [1.165, 1.54) is 23.6 Å². The summed E-state index contributed by atoms with van der Waals surface area (Å²) < 4.78 is 41.7. The predicted octanol–water partition coefficient (Wildman–Crippen LogP) is 1.54. The molecule has 0 unspecified atom stereocenters. The summed E-state index contributed by atoms with van der Waals surface area (Å²) >= 11 is 0. The number of benzene rings is 1. The van der Waals surface area contributed by atoms with Gasteiger partial charge in [0.2, 0.25) is 5.95 Å². The summed E-state index contributed by atoms with van der Waals surface area (Å²) in [6.07, 6.45) is -4.77. The van der Waals surface area contributed by atoms with E-state index >= 15 is 0 Å². The number of alkyl halides is 3. The van der Waals surface area contributed by atoms with Gasteiger partial charge in [-0.3, -0.25) is 14.9 Å². The number of amides is 1. The molecular weight excluding hydrogens is 471 g/mol. The molecule has 13 nitrogen and oxygen atoms in total. The van der Waals surface area contributed by atoms with Crippen LogP contribution in [-0.4, -0.2) is 51.3 Å². The van der Waals surface area contributed by atoms with Gasteiger partial charge in [-0.15, -0.1) is 10.2 Å². The van der Waals surface area contributed by atoms with Crippen LogP contribution < -0.4 is 10.4 Å². The average Bonchev–Trinajstić information content (AvgIpc) is 3.43. The fourth-order valence-electron chi connectivity index (χ4n) is 2.90. The number of hydrogen-bond acceptors (Lipinski definition) is 10. The zero-order chi connectivity index (χ0) is 25.0. The molecule has 4 aromatic rings. The zero-order valence-electron chi connectivity index (χ0n) is 18.4. The molecule has 16 heteroatoms. The molecule has 1 N–H and O–H groups in total. The van der Waals surface area contributed by atoms with Crippen molar-refractivity contribution in [2.75, 3.05) is 10.4 Å². The van der Waals surface area contributed by atoms with Crippen LogP contribution in [-0.2, 0) is 38.3 Å². The molecule has 0 aliphatic heterocycles. The second kappa shape index (κ2) is 9.80. The predicted molar refractivity (Wildman–Crippen MR) is 112 cm³/mol. The first kappa shape index (κ1) is 23.7. The van der Waals surface area contributed by atoms with E-state index in [4.69, 9.17) is 4.84 Å². The number of rotatable bonds is 8. The van der Waals surface area contributed by atoms with Crippen molar-refractivity contribution in [3.8, 4) is 0 Å². The molecule has 0 spiro atoms. The van der Waals surface area contributed by atoms with Crippen LogP contribution in [0.1, 0.15) is 27.4 Å². The lowest BCUT2D eigenvalue weighted by Crippen LogP contribution is -2.29. The topological polar surface area (TPSA) is 142 Å². The molecule has 1 amide bonds. The number of halogens is 3.